The molecule has 2 aromatic rings. The lowest BCUT2D eigenvalue weighted by molar-refractivity contribution is 0.197. The molecule has 1 atom stereocenters. The lowest BCUT2D eigenvalue weighted by Gasteiger charge is -2.35. The number of nitrogens with zero attached hydrogens (tertiary/aromatic N) is 1. The number of hydrogen-bond donors (Lipinski definition) is 3. The smallest absolute Gasteiger partial charge is 0.315 e. The summed E-state index contributed by atoms with van der Waals surface area (Å²) in [5, 5.41) is 16.0. The number of hydrogen-bond acceptors (Lipinski definition) is 3. The molecule has 2 amide bonds. The zero-order chi connectivity index (χ0) is 21.3. The standard InChI is InChI=1S/C25H33N3O2/c1-25(2,14-17-10-18-6-4-5-7-19(18)11-17)27-24(30)26-15-22-12-20-8-9-23(29)13-21(20)16-28(22)3/h4-9,13,17,22,29H,10-12,14-16H2,1-3H3,(H2,26,27,30). The molecule has 4 rings (SSSR count). The fourth-order valence-electron chi connectivity index (χ4n) is 5.12. The fourth-order valence-corrected chi connectivity index (χ4v) is 5.12. The van der Waals surface area contributed by atoms with Gasteiger partial charge in [-0.1, -0.05) is 30.3 Å². The zero-order valence-electron chi connectivity index (χ0n) is 18.2. The highest BCUT2D eigenvalue weighted by Gasteiger charge is 2.30. The van der Waals surface area contributed by atoms with Gasteiger partial charge in [0.15, 0.2) is 0 Å². The van der Waals surface area contributed by atoms with Gasteiger partial charge in [-0.3, -0.25) is 4.90 Å². The number of fused-ring (bicyclic) bond motifs is 2. The van der Waals surface area contributed by atoms with E-state index < -0.39 is 0 Å². The number of likely N-dealkylation sites (N-methyl/N-ethyl adjacent to an activating group) is 1. The van der Waals surface area contributed by atoms with Crippen molar-refractivity contribution in [3.63, 3.8) is 0 Å². The van der Waals surface area contributed by atoms with E-state index in [-0.39, 0.29) is 17.6 Å². The van der Waals surface area contributed by atoms with Crippen LogP contribution in [0.3, 0.4) is 0 Å². The maximum absolute atomic E-state index is 12.6. The van der Waals surface area contributed by atoms with Crippen molar-refractivity contribution < 1.29 is 9.90 Å². The van der Waals surface area contributed by atoms with Crippen LogP contribution in [0.15, 0.2) is 42.5 Å². The third kappa shape index (κ3) is 4.78. The highest BCUT2D eigenvalue weighted by atomic mass is 16.3. The second-order valence-electron chi connectivity index (χ2n) is 9.69. The van der Waals surface area contributed by atoms with Crippen molar-refractivity contribution in [3.05, 3.63) is 64.7 Å². The summed E-state index contributed by atoms with van der Waals surface area (Å²) in [4.78, 5) is 14.9. The van der Waals surface area contributed by atoms with Gasteiger partial charge >= 0.3 is 6.03 Å². The summed E-state index contributed by atoms with van der Waals surface area (Å²) in [6.07, 6.45) is 4.04. The number of benzene rings is 2. The molecule has 0 saturated carbocycles. The Hall–Kier alpha value is -2.53. The Morgan fingerprint density at radius 2 is 1.73 bits per heavy atom. The van der Waals surface area contributed by atoms with Crippen molar-refractivity contribution in [2.75, 3.05) is 13.6 Å². The van der Waals surface area contributed by atoms with Crippen molar-refractivity contribution in [2.45, 2.75) is 57.7 Å². The van der Waals surface area contributed by atoms with Crippen molar-refractivity contribution in [2.24, 2.45) is 5.92 Å². The van der Waals surface area contributed by atoms with E-state index in [0.29, 0.717) is 18.2 Å². The molecule has 1 heterocycles. The number of amides is 2. The van der Waals surface area contributed by atoms with Gasteiger partial charge in [0.25, 0.3) is 0 Å². The van der Waals surface area contributed by atoms with Crippen LogP contribution in [-0.4, -0.2) is 41.2 Å². The molecule has 5 heteroatoms. The second-order valence-corrected chi connectivity index (χ2v) is 9.69. The Morgan fingerprint density at radius 3 is 2.43 bits per heavy atom. The summed E-state index contributed by atoms with van der Waals surface area (Å²) in [7, 11) is 2.07. The monoisotopic (exact) mass is 407 g/mol. The number of aromatic hydroxyl groups is 1. The predicted molar refractivity (Wildman–Crippen MR) is 120 cm³/mol. The summed E-state index contributed by atoms with van der Waals surface area (Å²) >= 11 is 0. The molecule has 2 aliphatic rings. The number of rotatable bonds is 5. The Kier molecular flexibility index (Phi) is 5.74. The first-order chi connectivity index (χ1) is 14.3. The molecule has 0 spiro atoms. The SMILES string of the molecule is CN1Cc2cc(O)ccc2CC1CNC(=O)NC(C)(C)CC1Cc2ccccc2C1. The molecule has 30 heavy (non-hydrogen) atoms. The zero-order valence-corrected chi connectivity index (χ0v) is 18.2. The summed E-state index contributed by atoms with van der Waals surface area (Å²) in [5.41, 5.74) is 5.07. The van der Waals surface area contributed by atoms with Gasteiger partial charge in [-0.05, 0) is 86.9 Å². The van der Waals surface area contributed by atoms with Crippen LogP contribution in [0, 0.1) is 5.92 Å². The van der Waals surface area contributed by atoms with Crippen LogP contribution in [0.2, 0.25) is 0 Å². The third-order valence-corrected chi connectivity index (χ3v) is 6.57. The fraction of sp³-hybridized carbons (Fsp3) is 0.480. The van der Waals surface area contributed by atoms with Crippen LogP contribution >= 0.6 is 0 Å². The molecule has 3 N–H and O–H groups in total. The number of phenols is 1. The van der Waals surface area contributed by atoms with E-state index in [9.17, 15) is 9.90 Å². The summed E-state index contributed by atoms with van der Waals surface area (Å²) < 4.78 is 0. The third-order valence-electron chi connectivity index (χ3n) is 6.57. The van der Waals surface area contributed by atoms with Crippen LogP contribution in [0.25, 0.3) is 0 Å². The molecule has 0 radical (unpaired) electrons. The lowest BCUT2D eigenvalue weighted by Crippen LogP contribution is -2.52. The first kappa shape index (κ1) is 20.7. The van der Waals surface area contributed by atoms with Gasteiger partial charge in [0.1, 0.15) is 5.75 Å². The van der Waals surface area contributed by atoms with E-state index in [1.807, 2.05) is 12.1 Å². The molecule has 5 nitrogen and oxygen atoms in total. The van der Waals surface area contributed by atoms with E-state index in [2.05, 4.69) is 60.7 Å². The summed E-state index contributed by atoms with van der Waals surface area (Å²) in [6, 6.07) is 14.4. The summed E-state index contributed by atoms with van der Waals surface area (Å²) in [6.45, 7) is 5.62. The van der Waals surface area contributed by atoms with E-state index >= 15 is 0 Å². The molecule has 160 valence electrons. The molecule has 0 aromatic heterocycles. The van der Waals surface area contributed by atoms with E-state index in [0.717, 1.165) is 37.8 Å². The predicted octanol–water partition coefficient (Wildman–Crippen LogP) is 3.63. The number of nitrogens with one attached hydrogen (secondary N) is 2. The maximum atomic E-state index is 12.6. The number of carbonyl (C=O) groups is 1. The molecule has 1 aliphatic heterocycles. The van der Waals surface area contributed by atoms with Crippen LogP contribution in [0.1, 0.15) is 42.5 Å². The first-order valence-electron chi connectivity index (χ1n) is 10.9. The summed E-state index contributed by atoms with van der Waals surface area (Å²) in [5.74, 6) is 0.890. The van der Waals surface area contributed by atoms with Crippen molar-refractivity contribution in [3.8, 4) is 5.75 Å². The number of carbonyl (C=O) groups excluding carboxylic acids is 1. The van der Waals surface area contributed by atoms with Gasteiger partial charge in [0.2, 0.25) is 0 Å². The Balaban J connectivity index is 1.27. The first-order valence-corrected chi connectivity index (χ1v) is 10.9. The van der Waals surface area contributed by atoms with Crippen molar-refractivity contribution in [1.29, 1.82) is 0 Å². The molecule has 0 fully saturated rings. The van der Waals surface area contributed by atoms with Crippen molar-refractivity contribution in [1.82, 2.24) is 15.5 Å². The molecule has 1 aliphatic carbocycles. The van der Waals surface area contributed by atoms with Gasteiger partial charge in [-0.2, -0.15) is 0 Å². The minimum Gasteiger partial charge on any atom is -0.508 e. The topological polar surface area (TPSA) is 64.6 Å². The molecular formula is C25H33N3O2. The lowest BCUT2D eigenvalue weighted by atomic mass is 9.89. The Morgan fingerprint density at radius 1 is 1.07 bits per heavy atom. The highest BCUT2D eigenvalue weighted by Crippen LogP contribution is 2.32. The van der Waals surface area contributed by atoms with Crippen molar-refractivity contribution >= 4 is 6.03 Å². The minimum atomic E-state index is -0.251. The average Bonchev–Trinajstić information content (AvgIpc) is 3.07. The van der Waals surface area contributed by atoms with Gasteiger partial charge < -0.3 is 15.7 Å². The number of phenolic OH excluding ortho intramolecular Hbond substituents is 1. The normalized spacial score (nSPS) is 19.2. The van der Waals surface area contributed by atoms with Gasteiger partial charge in [-0.25, -0.2) is 4.79 Å². The molecule has 1 unspecified atom stereocenters. The Bertz CT molecular complexity index is 899. The Labute approximate surface area is 179 Å². The second kappa shape index (κ2) is 8.31. The van der Waals surface area contributed by atoms with E-state index in [4.69, 9.17) is 0 Å². The van der Waals surface area contributed by atoms with Gasteiger partial charge in [-0.15, -0.1) is 0 Å². The maximum Gasteiger partial charge on any atom is 0.315 e. The van der Waals surface area contributed by atoms with E-state index in [1.54, 1.807) is 6.07 Å². The average molecular weight is 408 g/mol. The van der Waals surface area contributed by atoms with Crippen LogP contribution in [-0.2, 0) is 25.8 Å². The van der Waals surface area contributed by atoms with Crippen LogP contribution in [0.4, 0.5) is 4.79 Å². The molecule has 0 saturated heterocycles. The van der Waals surface area contributed by atoms with Gasteiger partial charge in [0, 0.05) is 24.7 Å². The minimum absolute atomic E-state index is 0.0968. The largest absolute Gasteiger partial charge is 0.508 e. The van der Waals surface area contributed by atoms with Crippen LogP contribution < -0.4 is 10.6 Å². The highest BCUT2D eigenvalue weighted by molar-refractivity contribution is 5.74. The van der Waals surface area contributed by atoms with E-state index in [1.165, 1.54) is 16.7 Å². The molecular weight excluding hydrogens is 374 g/mol. The quantitative estimate of drug-likeness (QED) is 0.709. The number of urea groups is 1. The molecule has 2 aromatic carbocycles. The molecule has 0 bridgehead atoms. The van der Waals surface area contributed by atoms with Gasteiger partial charge in [0.05, 0.1) is 0 Å². The van der Waals surface area contributed by atoms with Crippen LogP contribution in [0.5, 0.6) is 5.75 Å².